The summed E-state index contributed by atoms with van der Waals surface area (Å²) in [7, 11) is 0. The SMILES string of the molecule is CCn1cc(C)nc1[C@H](N)C1CCOCC1. The number of ether oxygens (including phenoxy) is 1. The van der Waals surface area contributed by atoms with E-state index in [1.54, 1.807) is 0 Å². The van der Waals surface area contributed by atoms with Crippen LogP contribution in [0.4, 0.5) is 0 Å². The Labute approximate surface area is 96.8 Å². The fourth-order valence-electron chi connectivity index (χ4n) is 2.37. The number of imidazole rings is 1. The van der Waals surface area contributed by atoms with Crippen molar-refractivity contribution in [1.82, 2.24) is 9.55 Å². The van der Waals surface area contributed by atoms with E-state index in [-0.39, 0.29) is 6.04 Å². The van der Waals surface area contributed by atoms with Crippen molar-refractivity contribution in [1.29, 1.82) is 0 Å². The summed E-state index contributed by atoms with van der Waals surface area (Å²) in [5, 5.41) is 0. The molecule has 1 aliphatic heterocycles. The molecule has 0 aliphatic carbocycles. The van der Waals surface area contributed by atoms with Gasteiger partial charge in [-0.25, -0.2) is 4.98 Å². The maximum Gasteiger partial charge on any atom is 0.126 e. The predicted octanol–water partition coefficient (Wildman–Crippen LogP) is 1.64. The van der Waals surface area contributed by atoms with Crippen LogP contribution in [0.25, 0.3) is 0 Å². The Bertz CT molecular complexity index is 342. The first kappa shape index (κ1) is 11.6. The molecule has 1 atom stereocenters. The summed E-state index contributed by atoms with van der Waals surface area (Å²) in [5.41, 5.74) is 7.38. The smallest absolute Gasteiger partial charge is 0.126 e. The van der Waals surface area contributed by atoms with Crippen molar-refractivity contribution in [3.8, 4) is 0 Å². The molecule has 2 N–H and O–H groups in total. The molecule has 0 spiro atoms. The van der Waals surface area contributed by atoms with Gasteiger partial charge < -0.3 is 15.0 Å². The number of aromatic nitrogens is 2. The van der Waals surface area contributed by atoms with E-state index in [1.165, 1.54) is 0 Å². The minimum atomic E-state index is 0.0533. The molecule has 0 aromatic carbocycles. The minimum absolute atomic E-state index is 0.0533. The first-order valence-corrected chi connectivity index (χ1v) is 6.09. The van der Waals surface area contributed by atoms with Crippen LogP contribution in [0.15, 0.2) is 6.20 Å². The molecule has 1 aromatic rings. The Morgan fingerprint density at radius 2 is 2.25 bits per heavy atom. The molecule has 0 radical (unpaired) electrons. The number of nitrogens with zero attached hydrogens (tertiary/aromatic N) is 2. The van der Waals surface area contributed by atoms with Crippen molar-refractivity contribution < 1.29 is 4.74 Å². The highest BCUT2D eigenvalue weighted by Crippen LogP contribution is 2.27. The van der Waals surface area contributed by atoms with E-state index in [2.05, 4.69) is 22.7 Å². The second-order valence-electron chi connectivity index (χ2n) is 4.50. The van der Waals surface area contributed by atoms with Crippen molar-refractivity contribution in [2.24, 2.45) is 11.7 Å². The number of nitrogens with two attached hydrogens (primary N) is 1. The zero-order valence-corrected chi connectivity index (χ0v) is 10.1. The highest BCUT2D eigenvalue weighted by Gasteiger charge is 2.25. The summed E-state index contributed by atoms with van der Waals surface area (Å²) >= 11 is 0. The topological polar surface area (TPSA) is 53.1 Å². The van der Waals surface area contributed by atoms with E-state index >= 15 is 0 Å². The summed E-state index contributed by atoms with van der Waals surface area (Å²) in [6.45, 7) is 6.76. The lowest BCUT2D eigenvalue weighted by molar-refractivity contribution is 0.0571. The van der Waals surface area contributed by atoms with Gasteiger partial charge in [0.05, 0.1) is 11.7 Å². The zero-order chi connectivity index (χ0) is 11.5. The lowest BCUT2D eigenvalue weighted by Gasteiger charge is -2.27. The molecule has 0 amide bonds. The number of aryl methyl sites for hydroxylation is 2. The van der Waals surface area contributed by atoms with Gasteiger partial charge in [0.25, 0.3) is 0 Å². The first-order chi connectivity index (χ1) is 7.72. The molecule has 1 fully saturated rings. The van der Waals surface area contributed by atoms with Crippen molar-refractivity contribution in [3.63, 3.8) is 0 Å². The van der Waals surface area contributed by atoms with Gasteiger partial charge in [-0.05, 0) is 32.6 Å². The van der Waals surface area contributed by atoms with Crippen molar-refractivity contribution >= 4 is 0 Å². The second-order valence-corrected chi connectivity index (χ2v) is 4.50. The summed E-state index contributed by atoms with van der Waals surface area (Å²) in [5.74, 6) is 1.55. The maximum absolute atomic E-state index is 6.32. The minimum Gasteiger partial charge on any atom is -0.381 e. The van der Waals surface area contributed by atoms with E-state index in [9.17, 15) is 0 Å². The van der Waals surface area contributed by atoms with Gasteiger partial charge in [0.15, 0.2) is 0 Å². The van der Waals surface area contributed by atoms with E-state index < -0.39 is 0 Å². The lowest BCUT2D eigenvalue weighted by atomic mass is 9.92. The molecule has 4 nitrogen and oxygen atoms in total. The third kappa shape index (κ3) is 2.28. The highest BCUT2D eigenvalue weighted by molar-refractivity contribution is 5.07. The lowest BCUT2D eigenvalue weighted by Crippen LogP contribution is -2.29. The van der Waals surface area contributed by atoms with Gasteiger partial charge in [0.1, 0.15) is 5.82 Å². The van der Waals surface area contributed by atoms with Gasteiger partial charge in [0, 0.05) is 26.0 Å². The maximum atomic E-state index is 6.32. The van der Waals surface area contributed by atoms with Gasteiger partial charge in [0.2, 0.25) is 0 Å². The molecule has 1 aromatic heterocycles. The summed E-state index contributed by atoms with van der Waals surface area (Å²) < 4.78 is 7.53. The molecule has 2 heterocycles. The number of rotatable bonds is 3. The molecule has 16 heavy (non-hydrogen) atoms. The Morgan fingerprint density at radius 1 is 1.56 bits per heavy atom. The molecule has 0 saturated carbocycles. The van der Waals surface area contributed by atoms with Crippen LogP contribution < -0.4 is 5.73 Å². The third-order valence-corrected chi connectivity index (χ3v) is 3.34. The Kier molecular flexibility index (Phi) is 3.61. The van der Waals surface area contributed by atoms with Crippen molar-refractivity contribution in [3.05, 3.63) is 17.7 Å². The average Bonchev–Trinajstić information content (AvgIpc) is 2.70. The molecule has 2 rings (SSSR count). The number of hydrogen-bond acceptors (Lipinski definition) is 3. The van der Waals surface area contributed by atoms with Crippen molar-refractivity contribution in [2.75, 3.05) is 13.2 Å². The van der Waals surface area contributed by atoms with Crippen LogP contribution >= 0.6 is 0 Å². The molecular weight excluding hydrogens is 202 g/mol. The van der Waals surface area contributed by atoms with Crippen LogP contribution in [0.1, 0.15) is 37.3 Å². The van der Waals surface area contributed by atoms with Crippen LogP contribution in [0.3, 0.4) is 0 Å². The fraction of sp³-hybridized carbons (Fsp3) is 0.750. The normalized spacial score (nSPS) is 19.9. The zero-order valence-electron chi connectivity index (χ0n) is 10.1. The first-order valence-electron chi connectivity index (χ1n) is 6.09. The predicted molar refractivity (Wildman–Crippen MR) is 63.1 cm³/mol. The molecule has 90 valence electrons. The third-order valence-electron chi connectivity index (χ3n) is 3.34. The summed E-state index contributed by atoms with van der Waals surface area (Å²) in [6, 6.07) is 0.0533. The van der Waals surface area contributed by atoms with Crippen LogP contribution in [-0.2, 0) is 11.3 Å². The molecule has 0 unspecified atom stereocenters. The van der Waals surface area contributed by atoms with Gasteiger partial charge in [-0.2, -0.15) is 0 Å². The van der Waals surface area contributed by atoms with Crippen LogP contribution in [-0.4, -0.2) is 22.8 Å². The van der Waals surface area contributed by atoms with Crippen LogP contribution in [0, 0.1) is 12.8 Å². The van der Waals surface area contributed by atoms with Gasteiger partial charge in [-0.1, -0.05) is 0 Å². The van der Waals surface area contributed by atoms with Crippen molar-refractivity contribution in [2.45, 2.75) is 39.3 Å². The van der Waals surface area contributed by atoms with Crippen LogP contribution in [0.5, 0.6) is 0 Å². The Morgan fingerprint density at radius 3 is 2.88 bits per heavy atom. The van der Waals surface area contributed by atoms with Gasteiger partial charge >= 0.3 is 0 Å². The molecule has 0 bridgehead atoms. The fourth-order valence-corrected chi connectivity index (χ4v) is 2.37. The standard InChI is InChI=1S/C12H21N3O/c1-3-15-8-9(2)14-12(15)11(13)10-4-6-16-7-5-10/h8,10-11H,3-7,13H2,1-2H3/t11-/m1/s1. The quantitative estimate of drug-likeness (QED) is 0.847. The molecule has 4 heteroatoms. The van der Waals surface area contributed by atoms with Gasteiger partial charge in [-0.15, -0.1) is 0 Å². The number of hydrogen-bond donors (Lipinski definition) is 1. The molecule has 1 aliphatic rings. The van der Waals surface area contributed by atoms with E-state index in [0.29, 0.717) is 5.92 Å². The molecular formula is C12H21N3O. The summed E-state index contributed by atoms with van der Waals surface area (Å²) in [4.78, 5) is 4.55. The Hall–Kier alpha value is -0.870. The van der Waals surface area contributed by atoms with Gasteiger partial charge in [-0.3, -0.25) is 0 Å². The highest BCUT2D eigenvalue weighted by atomic mass is 16.5. The monoisotopic (exact) mass is 223 g/mol. The van der Waals surface area contributed by atoms with Crippen LogP contribution in [0.2, 0.25) is 0 Å². The Balaban J connectivity index is 2.14. The van der Waals surface area contributed by atoms with E-state index in [0.717, 1.165) is 44.1 Å². The molecule has 1 saturated heterocycles. The largest absolute Gasteiger partial charge is 0.381 e. The van der Waals surface area contributed by atoms with E-state index in [1.807, 2.05) is 6.92 Å². The summed E-state index contributed by atoms with van der Waals surface area (Å²) in [6.07, 6.45) is 4.18. The second kappa shape index (κ2) is 4.97. The average molecular weight is 223 g/mol. The van der Waals surface area contributed by atoms with E-state index in [4.69, 9.17) is 10.5 Å².